The van der Waals surface area contributed by atoms with Crippen molar-refractivity contribution < 1.29 is 0 Å². The van der Waals surface area contributed by atoms with Gasteiger partial charge >= 0.3 is 0 Å². The molecule has 1 nitrogen and oxygen atoms in total. The van der Waals surface area contributed by atoms with Gasteiger partial charge in [0.15, 0.2) is 0 Å². The number of rotatable bonds is 2. The van der Waals surface area contributed by atoms with Crippen LogP contribution in [0.3, 0.4) is 0 Å². The van der Waals surface area contributed by atoms with Crippen LogP contribution >= 0.6 is 0 Å². The molecule has 0 spiro atoms. The van der Waals surface area contributed by atoms with Gasteiger partial charge in [-0.05, 0) is 79.2 Å². The Hall–Kier alpha value is -5.66. The predicted octanol–water partition coefficient (Wildman–Crippen LogP) is 12.2. The highest BCUT2D eigenvalue weighted by Crippen LogP contribution is 2.54. The second-order valence-corrected chi connectivity index (χ2v) is 13.2. The molecule has 1 aliphatic carbocycles. The fourth-order valence-corrected chi connectivity index (χ4v) is 8.67. The zero-order valence-corrected chi connectivity index (χ0v) is 25.9. The van der Waals surface area contributed by atoms with Crippen LogP contribution in [0.2, 0.25) is 0 Å². The van der Waals surface area contributed by atoms with Gasteiger partial charge in [0, 0.05) is 32.6 Å². The monoisotopic (exact) mass is 585 g/mol. The van der Waals surface area contributed by atoms with Crippen LogP contribution in [-0.2, 0) is 5.41 Å². The summed E-state index contributed by atoms with van der Waals surface area (Å²) >= 11 is 0. The van der Waals surface area contributed by atoms with Gasteiger partial charge < -0.3 is 4.57 Å². The summed E-state index contributed by atoms with van der Waals surface area (Å²) in [4.78, 5) is 0. The summed E-state index contributed by atoms with van der Waals surface area (Å²) in [7, 11) is 0. The fraction of sp³-hybridized carbons (Fsp3) is 0.0667. The van der Waals surface area contributed by atoms with E-state index in [0.29, 0.717) is 0 Å². The molecule has 0 aliphatic heterocycles. The molecule has 1 heteroatoms. The molecule has 46 heavy (non-hydrogen) atoms. The van der Waals surface area contributed by atoms with Gasteiger partial charge in [0.2, 0.25) is 0 Å². The molecule has 1 aromatic heterocycles. The molecule has 8 aromatic carbocycles. The van der Waals surface area contributed by atoms with E-state index in [9.17, 15) is 0 Å². The number of benzene rings is 8. The first-order valence-corrected chi connectivity index (χ1v) is 16.2. The maximum Gasteiger partial charge on any atom is 0.0626 e. The second kappa shape index (κ2) is 9.19. The Labute approximate surface area is 268 Å². The molecular formula is C45H31N. The van der Waals surface area contributed by atoms with E-state index in [2.05, 4.69) is 170 Å². The minimum atomic E-state index is -0.103. The Morgan fingerprint density at radius 2 is 1.00 bits per heavy atom. The molecule has 216 valence electrons. The number of fused-ring (bicyclic) bond motifs is 13. The first kappa shape index (κ1) is 25.6. The van der Waals surface area contributed by atoms with Crippen LogP contribution in [0.5, 0.6) is 0 Å². The lowest BCUT2D eigenvalue weighted by molar-refractivity contribution is 0.662. The van der Waals surface area contributed by atoms with Crippen molar-refractivity contribution in [1.29, 1.82) is 0 Å². The quantitative estimate of drug-likeness (QED) is 0.178. The van der Waals surface area contributed by atoms with E-state index in [4.69, 9.17) is 0 Å². The Morgan fingerprint density at radius 1 is 0.413 bits per heavy atom. The van der Waals surface area contributed by atoms with E-state index in [1.54, 1.807) is 0 Å². The zero-order chi connectivity index (χ0) is 30.6. The zero-order valence-electron chi connectivity index (χ0n) is 25.9. The summed E-state index contributed by atoms with van der Waals surface area (Å²) in [5.41, 5.74) is 11.7. The molecule has 1 heterocycles. The number of para-hydroxylation sites is 2. The van der Waals surface area contributed by atoms with Crippen molar-refractivity contribution in [1.82, 2.24) is 4.57 Å². The van der Waals surface area contributed by atoms with Gasteiger partial charge in [-0.25, -0.2) is 0 Å². The highest BCUT2D eigenvalue weighted by Gasteiger charge is 2.37. The van der Waals surface area contributed by atoms with Gasteiger partial charge in [0.05, 0.1) is 11.0 Å². The van der Waals surface area contributed by atoms with Gasteiger partial charge in [-0.15, -0.1) is 0 Å². The molecule has 0 radical (unpaired) electrons. The number of nitrogens with zero attached hydrogens (tertiary/aromatic N) is 1. The molecule has 0 unspecified atom stereocenters. The van der Waals surface area contributed by atoms with Crippen LogP contribution in [0.15, 0.2) is 152 Å². The van der Waals surface area contributed by atoms with Crippen LogP contribution < -0.4 is 0 Å². The van der Waals surface area contributed by atoms with Crippen LogP contribution in [0.1, 0.15) is 25.0 Å². The van der Waals surface area contributed by atoms with Gasteiger partial charge in [0.1, 0.15) is 0 Å². The first-order chi connectivity index (χ1) is 22.6. The smallest absolute Gasteiger partial charge is 0.0626 e. The third kappa shape index (κ3) is 3.25. The molecule has 10 rings (SSSR count). The minimum absolute atomic E-state index is 0.103. The van der Waals surface area contributed by atoms with E-state index in [0.717, 1.165) is 0 Å². The van der Waals surface area contributed by atoms with Crippen molar-refractivity contribution in [3.63, 3.8) is 0 Å². The van der Waals surface area contributed by atoms with Gasteiger partial charge in [-0.3, -0.25) is 0 Å². The summed E-state index contributed by atoms with van der Waals surface area (Å²) in [6, 6.07) is 56.2. The summed E-state index contributed by atoms with van der Waals surface area (Å²) in [6.45, 7) is 4.78. The topological polar surface area (TPSA) is 4.93 Å². The van der Waals surface area contributed by atoms with E-state index in [1.165, 1.54) is 93.2 Å². The van der Waals surface area contributed by atoms with Crippen molar-refractivity contribution >= 4 is 54.1 Å². The van der Waals surface area contributed by atoms with Gasteiger partial charge in [-0.1, -0.05) is 141 Å². The second-order valence-electron chi connectivity index (χ2n) is 13.2. The van der Waals surface area contributed by atoms with Crippen molar-refractivity contribution in [3.8, 4) is 27.9 Å². The molecule has 0 fully saturated rings. The Balaban J connectivity index is 1.43. The van der Waals surface area contributed by atoms with E-state index in [-0.39, 0.29) is 5.41 Å². The Kier molecular flexibility index (Phi) is 5.12. The van der Waals surface area contributed by atoms with Crippen molar-refractivity contribution in [2.75, 3.05) is 0 Å². The third-order valence-corrected chi connectivity index (χ3v) is 10.5. The molecule has 0 saturated heterocycles. The molecular weight excluding hydrogens is 555 g/mol. The SMILES string of the molecule is CC1(C)c2ccccc2-c2cccc(-c3cc4c5ccccc5c5c(c6ccccc6n5-c5ccccc5)c4c4ccccc34)c21. The standard InChI is InChI=1S/C45H31N/c1-45(2)39-25-12-10-19-31(39)33-23-14-24-34(43(33)45)37-27-38-30-18-7-9-21-35(30)44-42(41(38)32-20-8-6-17-29(32)37)36-22-11-13-26-40(36)46(44)28-15-4-3-5-16-28/h3-27H,1-2H3. The average Bonchev–Trinajstić information content (AvgIpc) is 3.58. The fourth-order valence-electron chi connectivity index (χ4n) is 8.67. The maximum absolute atomic E-state index is 2.50. The Morgan fingerprint density at radius 3 is 1.80 bits per heavy atom. The summed E-state index contributed by atoms with van der Waals surface area (Å²) in [5.74, 6) is 0. The van der Waals surface area contributed by atoms with E-state index >= 15 is 0 Å². The predicted molar refractivity (Wildman–Crippen MR) is 196 cm³/mol. The molecule has 0 bridgehead atoms. The van der Waals surface area contributed by atoms with Gasteiger partial charge in [-0.2, -0.15) is 0 Å². The van der Waals surface area contributed by atoms with Crippen LogP contribution in [-0.4, -0.2) is 4.57 Å². The molecule has 0 atom stereocenters. The highest BCUT2D eigenvalue weighted by atomic mass is 15.0. The lowest BCUT2D eigenvalue weighted by Crippen LogP contribution is -2.16. The number of aromatic nitrogens is 1. The molecule has 9 aromatic rings. The van der Waals surface area contributed by atoms with Crippen LogP contribution in [0.25, 0.3) is 82.1 Å². The van der Waals surface area contributed by atoms with Crippen LogP contribution in [0.4, 0.5) is 0 Å². The van der Waals surface area contributed by atoms with Gasteiger partial charge in [0.25, 0.3) is 0 Å². The number of hydrogen-bond acceptors (Lipinski definition) is 0. The third-order valence-electron chi connectivity index (χ3n) is 10.5. The van der Waals surface area contributed by atoms with Crippen molar-refractivity contribution in [3.05, 3.63) is 163 Å². The minimum Gasteiger partial charge on any atom is -0.309 e. The normalized spacial score (nSPS) is 13.6. The van der Waals surface area contributed by atoms with Crippen molar-refractivity contribution in [2.45, 2.75) is 19.3 Å². The summed E-state index contributed by atoms with van der Waals surface area (Å²) in [6.07, 6.45) is 0. The Bertz CT molecular complexity index is 2710. The molecule has 1 aliphatic rings. The lowest BCUT2D eigenvalue weighted by Gasteiger charge is -2.25. The van der Waals surface area contributed by atoms with E-state index < -0.39 is 0 Å². The van der Waals surface area contributed by atoms with E-state index in [1.807, 2.05) is 0 Å². The average molecular weight is 586 g/mol. The summed E-state index contributed by atoms with van der Waals surface area (Å²) < 4.78 is 2.47. The molecule has 0 amide bonds. The molecule has 0 N–H and O–H groups in total. The van der Waals surface area contributed by atoms with Crippen LogP contribution in [0, 0.1) is 0 Å². The maximum atomic E-state index is 2.50. The lowest BCUT2D eigenvalue weighted by atomic mass is 9.77. The van der Waals surface area contributed by atoms with Crippen molar-refractivity contribution in [2.24, 2.45) is 0 Å². The highest BCUT2D eigenvalue weighted by molar-refractivity contribution is 6.38. The summed E-state index contributed by atoms with van der Waals surface area (Å²) in [5, 5.41) is 10.4. The number of hydrogen-bond donors (Lipinski definition) is 0. The largest absolute Gasteiger partial charge is 0.309 e. The first-order valence-electron chi connectivity index (χ1n) is 16.2. The molecule has 0 saturated carbocycles.